The fourth-order valence-corrected chi connectivity index (χ4v) is 2.38. The van der Waals surface area contributed by atoms with E-state index in [1.165, 1.54) is 0 Å². The lowest BCUT2D eigenvalue weighted by atomic mass is 10.1. The third kappa shape index (κ3) is 6.47. The number of halogens is 1. The van der Waals surface area contributed by atoms with Crippen LogP contribution in [0.5, 0.6) is 0 Å². The third-order valence-electron chi connectivity index (χ3n) is 3.46. The van der Waals surface area contributed by atoms with Crippen LogP contribution >= 0.6 is 11.6 Å². The number of nitrogens with one attached hydrogen (secondary N) is 2. The van der Waals surface area contributed by atoms with E-state index in [4.69, 9.17) is 16.3 Å². The van der Waals surface area contributed by atoms with Gasteiger partial charge in [0.05, 0.1) is 13.0 Å². The fourth-order valence-electron chi connectivity index (χ4n) is 2.19. The van der Waals surface area contributed by atoms with Crippen molar-refractivity contribution in [1.82, 2.24) is 5.32 Å². The second-order valence-corrected chi connectivity index (χ2v) is 5.81. The molecular formula is C19H21ClN2O3. The van der Waals surface area contributed by atoms with Crippen LogP contribution < -0.4 is 10.6 Å². The van der Waals surface area contributed by atoms with E-state index in [1.807, 2.05) is 36.4 Å². The van der Waals surface area contributed by atoms with Crippen LogP contribution in [0.4, 0.5) is 5.69 Å². The van der Waals surface area contributed by atoms with Crippen LogP contribution in [-0.2, 0) is 16.1 Å². The maximum absolute atomic E-state index is 12.0. The Kier molecular flexibility index (Phi) is 7.29. The zero-order valence-corrected chi connectivity index (χ0v) is 14.8. The van der Waals surface area contributed by atoms with Crippen molar-refractivity contribution in [2.24, 2.45) is 0 Å². The summed E-state index contributed by atoms with van der Waals surface area (Å²) in [5.41, 5.74) is 2.53. The highest BCUT2D eigenvalue weighted by molar-refractivity contribution is 6.30. The van der Waals surface area contributed by atoms with Gasteiger partial charge in [0.1, 0.15) is 0 Å². The number of carbonyl (C=O) groups is 2. The van der Waals surface area contributed by atoms with E-state index in [-0.39, 0.29) is 24.8 Å². The van der Waals surface area contributed by atoms with Crippen molar-refractivity contribution in [2.75, 3.05) is 18.5 Å². The van der Waals surface area contributed by atoms with E-state index in [0.29, 0.717) is 23.7 Å². The van der Waals surface area contributed by atoms with E-state index in [0.717, 1.165) is 11.3 Å². The molecule has 132 valence electrons. The van der Waals surface area contributed by atoms with E-state index < -0.39 is 0 Å². The molecule has 0 aromatic heterocycles. The van der Waals surface area contributed by atoms with Crippen LogP contribution in [0, 0.1) is 0 Å². The van der Waals surface area contributed by atoms with Gasteiger partial charge in [0.15, 0.2) is 0 Å². The molecule has 0 spiro atoms. The fraction of sp³-hybridized carbons (Fsp3) is 0.263. The maximum atomic E-state index is 12.0. The number of carbonyl (C=O) groups excluding carboxylic acids is 2. The molecule has 1 amide bonds. The molecule has 2 aromatic rings. The predicted octanol–water partition coefficient (Wildman–Crippen LogP) is 3.64. The first-order chi connectivity index (χ1) is 12.1. The Balaban J connectivity index is 1.80. The molecule has 0 radical (unpaired) electrons. The summed E-state index contributed by atoms with van der Waals surface area (Å²) in [4.78, 5) is 23.2. The van der Waals surface area contributed by atoms with Gasteiger partial charge in [-0.15, -0.1) is 0 Å². The summed E-state index contributed by atoms with van der Waals surface area (Å²) in [5.74, 6) is -0.524. The van der Waals surface area contributed by atoms with Gasteiger partial charge in [-0.3, -0.25) is 9.59 Å². The van der Waals surface area contributed by atoms with Gasteiger partial charge in [-0.2, -0.15) is 0 Å². The average Bonchev–Trinajstić information content (AvgIpc) is 2.60. The average molecular weight is 361 g/mol. The van der Waals surface area contributed by atoms with Crippen molar-refractivity contribution in [3.05, 3.63) is 64.7 Å². The van der Waals surface area contributed by atoms with Crippen LogP contribution in [0.25, 0.3) is 0 Å². The first kappa shape index (κ1) is 18.8. The number of rotatable bonds is 8. The summed E-state index contributed by atoms with van der Waals surface area (Å²) in [6.45, 7) is 2.98. The largest absolute Gasteiger partial charge is 0.466 e. The van der Waals surface area contributed by atoms with Crippen molar-refractivity contribution in [2.45, 2.75) is 19.9 Å². The number of hydrogen-bond acceptors (Lipinski definition) is 4. The first-order valence-corrected chi connectivity index (χ1v) is 8.48. The topological polar surface area (TPSA) is 67.4 Å². The minimum Gasteiger partial charge on any atom is -0.466 e. The van der Waals surface area contributed by atoms with Gasteiger partial charge in [0.2, 0.25) is 0 Å². The number of amides is 1. The lowest BCUT2D eigenvalue weighted by Gasteiger charge is -2.08. The molecule has 0 unspecified atom stereocenters. The third-order valence-corrected chi connectivity index (χ3v) is 3.69. The van der Waals surface area contributed by atoms with Gasteiger partial charge in [-0.25, -0.2) is 0 Å². The minimum absolute atomic E-state index is 0.168. The molecular weight excluding hydrogens is 340 g/mol. The van der Waals surface area contributed by atoms with Crippen molar-refractivity contribution >= 4 is 29.2 Å². The quantitative estimate of drug-likeness (QED) is 0.705. The minimum atomic E-state index is -0.315. The molecule has 0 saturated heterocycles. The SMILES string of the molecule is CCOC(=O)CCNC(=O)c1ccc(CNc2cccc(Cl)c2)cc1. The Hall–Kier alpha value is -2.53. The van der Waals surface area contributed by atoms with Crippen LogP contribution in [-0.4, -0.2) is 25.0 Å². The lowest BCUT2D eigenvalue weighted by Crippen LogP contribution is -2.26. The molecule has 0 saturated carbocycles. The van der Waals surface area contributed by atoms with E-state index in [9.17, 15) is 9.59 Å². The van der Waals surface area contributed by atoms with Crippen LogP contribution in [0.3, 0.4) is 0 Å². The normalized spacial score (nSPS) is 10.2. The lowest BCUT2D eigenvalue weighted by molar-refractivity contribution is -0.142. The van der Waals surface area contributed by atoms with Crippen molar-refractivity contribution in [1.29, 1.82) is 0 Å². The summed E-state index contributed by atoms with van der Waals surface area (Å²) >= 11 is 5.95. The Morgan fingerprint density at radius 3 is 2.56 bits per heavy atom. The van der Waals surface area contributed by atoms with Crippen molar-refractivity contribution in [3.8, 4) is 0 Å². The van der Waals surface area contributed by atoms with E-state index in [2.05, 4.69) is 10.6 Å². The number of anilines is 1. The summed E-state index contributed by atoms with van der Waals surface area (Å²) in [5, 5.41) is 6.65. The summed E-state index contributed by atoms with van der Waals surface area (Å²) in [7, 11) is 0. The Bertz CT molecular complexity index is 717. The smallest absolute Gasteiger partial charge is 0.307 e. The zero-order valence-electron chi connectivity index (χ0n) is 14.0. The Morgan fingerprint density at radius 2 is 1.88 bits per heavy atom. The van der Waals surface area contributed by atoms with Crippen molar-refractivity contribution in [3.63, 3.8) is 0 Å². The van der Waals surface area contributed by atoms with Crippen LogP contribution in [0.1, 0.15) is 29.3 Å². The number of ether oxygens (including phenoxy) is 1. The molecule has 2 N–H and O–H groups in total. The molecule has 5 nitrogen and oxygen atoms in total. The molecule has 2 rings (SSSR count). The summed E-state index contributed by atoms with van der Waals surface area (Å²) in [6.07, 6.45) is 0.168. The van der Waals surface area contributed by atoms with Crippen molar-refractivity contribution < 1.29 is 14.3 Å². The predicted molar refractivity (Wildman–Crippen MR) is 98.8 cm³/mol. The highest BCUT2D eigenvalue weighted by atomic mass is 35.5. The molecule has 0 atom stereocenters. The second-order valence-electron chi connectivity index (χ2n) is 5.37. The number of hydrogen-bond donors (Lipinski definition) is 2. The summed E-state index contributed by atoms with van der Waals surface area (Å²) in [6, 6.07) is 14.8. The standard InChI is InChI=1S/C19H21ClN2O3/c1-2-25-18(23)10-11-21-19(24)15-8-6-14(7-9-15)13-22-17-5-3-4-16(20)12-17/h3-9,12,22H,2,10-11,13H2,1H3,(H,21,24). The highest BCUT2D eigenvalue weighted by Crippen LogP contribution is 2.16. The summed E-state index contributed by atoms with van der Waals surface area (Å²) < 4.78 is 4.81. The molecule has 0 aliphatic heterocycles. The van der Waals surface area contributed by atoms with E-state index in [1.54, 1.807) is 19.1 Å². The first-order valence-electron chi connectivity index (χ1n) is 8.10. The van der Waals surface area contributed by atoms with Gasteiger partial charge in [-0.1, -0.05) is 29.8 Å². The highest BCUT2D eigenvalue weighted by Gasteiger charge is 2.07. The Morgan fingerprint density at radius 1 is 1.12 bits per heavy atom. The van der Waals surface area contributed by atoms with E-state index >= 15 is 0 Å². The second kappa shape index (κ2) is 9.69. The monoisotopic (exact) mass is 360 g/mol. The molecule has 2 aromatic carbocycles. The molecule has 0 bridgehead atoms. The molecule has 0 heterocycles. The molecule has 6 heteroatoms. The number of benzene rings is 2. The number of esters is 1. The zero-order chi connectivity index (χ0) is 18.1. The molecule has 0 aliphatic carbocycles. The van der Waals surface area contributed by atoms with Crippen LogP contribution in [0.15, 0.2) is 48.5 Å². The molecule has 25 heavy (non-hydrogen) atoms. The Labute approximate surface area is 152 Å². The molecule has 0 fully saturated rings. The van der Waals surface area contributed by atoms with Gasteiger partial charge >= 0.3 is 5.97 Å². The van der Waals surface area contributed by atoms with Gasteiger partial charge in [0.25, 0.3) is 5.91 Å². The van der Waals surface area contributed by atoms with Crippen LogP contribution in [0.2, 0.25) is 5.02 Å². The van der Waals surface area contributed by atoms with Gasteiger partial charge in [-0.05, 0) is 42.8 Å². The van der Waals surface area contributed by atoms with Gasteiger partial charge in [0, 0.05) is 29.4 Å². The maximum Gasteiger partial charge on any atom is 0.307 e. The van der Waals surface area contributed by atoms with Gasteiger partial charge < -0.3 is 15.4 Å². The molecule has 0 aliphatic rings.